The number of hydrogen-bond donors (Lipinski definition) is 1. The molecule has 0 aliphatic heterocycles. The third kappa shape index (κ3) is 4.87. The van der Waals surface area contributed by atoms with Gasteiger partial charge in [-0.1, -0.05) is 29.3 Å². The van der Waals surface area contributed by atoms with Crippen molar-refractivity contribution in [2.24, 2.45) is 0 Å². The molecule has 0 aromatic heterocycles. The minimum atomic E-state index is -0.952. The lowest BCUT2D eigenvalue weighted by Crippen LogP contribution is -2.21. The van der Waals surface area contributed by atoms with Crippen molar-refractivity contribution in [3.63, 3.8) is 0 Å². The van der Waals surface area contributed by atoms with Crippen molar-refractivity contribution in [1.82, 2.24) is 0 Å². The summed E-state index contributed by atoms with van der Waals surface area (Å²) in [6.45, 7) is 1.09. The van der Waals surface area contributed by atoms with Gasteiger partial charge in [0.1, 0.15) is 11.3 Å². The predicted octanol–water partition coefficient (Wildman–Crippen LogP) is 4.01. The lowest BCUT2D eigenvalue weighted by Gasteiger charge is -2.12. The number of aryl methyl sites for hydroxylation is 1. The van der Waals surface area contributed by atoms with Crippen LogP contribution in [-0.4, -0.2) is 30.5 Å². The summed E-state index contributed by atoms with van der Waals surface area (Å²) in [4.78, 5) is 34.4. The molecule has 2 rings (SSSR count). The van der Waals surface area contributed by atoms with Gasteiger partial charge in [-0.05, 0) is 24.6 Å². The average Bonchev–Trinajstić information content (AvgIpc) is 2.65. The van der Waals surface area contributed by atoms with Crippen molar-refractivity contribution in [2.75, 3.05) is 19.0 Å². The first-order valence-corrected chi connectivity index (χ1v) is 8.24. The van der Waals surface area contributed by atoms with E-state index in [1.807, 2.05) is 0 Å². The summed E-state index contributed by atoms with van der Waals surface area (Å²) < 4.78 is 9.90. The van der Waals surface area contributed by atoms with Gasteiger partial charge < -0.3 is 14.8 Å². The number of nitrogens with zero attached hydrogens (tertiary/aromatic N) is 1. The Morgan fingerprint density at radius 1 is 1.22 bits per heavy atom. The van der Waals surface area contributed by atoms with Gasteiger partial charge >= 0.3 is 5.97 Å². The number of halogens is 2. The van der Waals surface area contributed by atoms with Crippen LogP contribution in [0, 0.1) is 17.0 Å². The number of carbonyl (C=O) groups excluding carboxylic acids is 2. The maximum absolute atomic E-state index is 12.2. The third-order valence-electron chi connectivity index (χ3n) is 3.50. The maximum atomic E-state index is 12.2. The number of methoxy groups -OCH3 is 1. The van der Waals surface area contributed by atoms with Crippen LogP contribution in [0.15, 0.2) is 30.3 Å². The zero-order valence-electron chi connectivity index (χ0n) is 14.2. The number of hydrogen-bond acceptors (Lipinski definition) is 6. The van der Waals surface area contributed by atoms with Crippen LogP contribution in [0.5, 0.6) is 5.75 Å². The first kappa shape index (κ1) is 20.5. The van der Waals surface area contributed by atoms with Crippen molar-refractivity contribution >= 4 is 46.5 Å². The van der Waals surface area contributed by atoms with E-state index >= 15 is 0 Å². The smallest absolute Gasteiger partial charge is 0.342 e. The number of nitro groups is 1. The van der Waals surface area contributed by atoms with Crippen LogP contribution in [0.2, 0.25) is 10.0 Å². The van der Waals surface area contributed by atoms with Gasteiger partial charge in [0.15, 0.2) is 6.61 Å². The second kappa shape index (κ2) is 8.70. The molecule has 8 nitrogen and oxygen atoms in total. The number of nitro benzene ring substituents is 1. The van der Waals surface area contributed by atoms with Gasteiger partial charge in [-0.25, -0.2) is 4.79 Å². The molecule has 0 bridgehead atoms. The lowest BCUT2D eigenvalue weighted by molar-refractivity contribution is -0.384. The summed E-state index contributed by atoms with van der Waals surface area (Å²) in [6, 6.07) is 6.71. The van der Waals surface area contributed by atoms with Crippen LogP contribution in [0.1, 0.15) is 15.9 Å². The Balaban J connectivity index is 2.10. The van der Waals surface area contributed by atoms with Crippen LogP contribution < -0.4 is 10.1 Å². The SMILES string of the molecule is COc1ccc([N+](=O)[O-])cc1C(=O)OCC(=O)Nc1c(Cl)ccc(C)c1Cl. The Kier molecular flexibility index (Phi) is 6.59. The van der Waals surface area contributed by atoms with Gasteiger partial charge in [0, 0.05) is 12.1 Å². The Hall–Kier alpha value is -2.84. The van der Waals surface area contributed by atoms with Crippen molar-refractivity contribution in [2.45, 2.75) is 6.92 Å². The number of ether oxygens (including phenoxy) is 2. The number of non-ortho nitro benzene ring substituents is 1. The van der Waals surface area contributed by atoms with Crippen LogP contribution in [0.25, 0.3) is 0 Å². The molecule has 10 heteroatoms. The van der Waals surface area contributed by atoms with E-state index in [4.69, 9.17) is 32.7 Å². The van der Waals surface area contributed by atoms with Gasteiger partial charge in [-0.3, -0.25) is 14.9 Å². The molecule has 2 aromatic carbocycles. The molecule has 0 atom stereocenters. The first-order chi connectivity index (χ1) is 12.7. The zero-order valence-corrected chi connectivity index (χ0v) is 15.8. The molecule has 0 saturated heterocycles. The van der Waals surface area contributed by atoms with E-state index < -0.39 is 23.4 Å². The molecule has 0 radical (unpaired) electrons. The molecular weight excluding hydrogens is 399 g/mol. The molecule has 1 amide bonds. The number of anilines is 1. The molecule has 0 saturated carbocycles. The highest BCUT2D eigenvalue weighted by Gasteiger charge is 2.20. The second-order valence-electron chi connectivity index (χ2n) is 5.32. The fourth-order valence-corrected chi connectivity index (χ4v) is 2.59. The first-order valence-electron chi connectivity index (χ1n) is 7.48. The summed E-state index contributed by atoms with van der Waals surface area (Å²) in [5.74, 6) is -1.55. The topological polar surface area (TPSA) is 108 Å². The van der Waals surface area contributed by atoms with Gasteiger partial charge in [0.2, 0.25) is 0 Å². The molecule has 27 heavy (non-hydrogen) atoms. The highest BCUT2D eigenvalue weighted by Crippen LogP contribution is 2.32. The van der Waals surface area contributed by atoms with Crippen LogP contribution >= 0.6 is 23.2 Å². The van der Waals surface area contributed by atoms with E-state index in [1.165, 1.54) is 19.2 Å². The Bertz CT molecular complexity index is 917. The van der Waals surface area contributed by atoms with Gasteiger partial charge in [0.05, 0.1) is 27.8 Å². The van der Waals surface area contributed by atoms with E-state index in [1.54, 1.807) is 19.1 Å². The minimum Gasteiger partial charge on any atom is -0.496 e. The molecule has 0 fully saturated rings. The fourth-order valence-electron chi connectivity index (χ4n) is 2.12. The summed E-state index contributed by atoms with van der Waals surface area (Å²) in [6.07, 6.45) is 0. The van der Waals surface area contributed by atoms with Crippen LogP contribution in [0.3, 0.4) is 0 Å². The number of rotatable bonds is 6. The average molecular weight is 413 g/mol. The van der Waals surface area contributed by atoms with E-state index in [0.29, 0.717) is 5.56 Å². The van der Waals surface area contributed by atoms with Gasteiger partial charge in [0.25, 0.3) is 11.6 Å². The number of amides is 1. The minimum absolute atomic E-state index is 0.0794. The van der Waals surface area contributed by atoms with Gasteiger partial charge in [-0.15, -0.1) is 0 Å². The molecule has 0 unspecified atom stereocenters. The summed E-state index contributed by atoms with van der Waals surface area (Å²) in [5, 5.41) is 13.8. The second-order valence-corrected chi connectivity index (χ2v) is 6.10. The molecule has 1 N–H and O–H groups in total. The highest BCUT2D eigenvalue weighted by molar-refractivity contribution is 6.40. The summed E-state index contributed by atoms with van der Waals surface area (Å²) in [7, 11) is 1.30. The van der Waals surface area contributed by atoms with E-state index in [-0.39, 0.29) is 32.7 Å². The predicted molar refractivity (Wildman–Crippen MR) is 99.8 cm³/mol. The van der Waals surface area contributed by atoms with E-state index in [2.05, 4.69) is 5.32 Å². The fraction of sp³-hybridized carbons (Fsp3) is 0.176. The zero-order chi connectivity index (χ0) is 20.1. The third-order valence-corrected chi connectivity index (χ3v) is 4.30. The Morgan fingerprint density at radius 2 is 1.93 bits per heavy atom. The molecule has 2 aromatic rings. The quantitative estimate of drug-likeness (QED) is 0.436. The molecule has 0 spiro atoms. The van der Waals surface area contributed by atoms with Crippen molar-refractivity contribution < 1.29 is 24.0 Å². The maximum Gasteiger partial charge on any atom is 0.342 e. The van der Waals surface area contributed by atoms with Crippen molar-refractivity contribution in [3.05, 3.63) is 61.6 Å². The van der Waals surface area contributed by atoms with Crippen LogP contribution in [0.4, 0.5) is 11.4 Å². The monoisotopic (exact) mass is 412 g/mol. The van der Waals surface area contributed by atoms with Gasteiger partial charge in [-0.2, -0.15) is 0 Å². The Morgan fingerprint density at radius 3 is 2.56 bits per heavy atom. The molecule has 142 valence electrons. The van der Waals surface area contributed by atoms with Crippen molar-refractivity contribution in [3.8, 4) is 5.75 Å². The van der Waals surface area contributed by atoms with Crippen molar-refractivity contribution in [1.29, 1.82) is 0 Å². The number of carbonyl (C=O) groups is 2. The summed E-state index contributed by atoms with van der Waals surface area (Å²) in [5.41, 5.74) is 0.415. The number of nitrogens with one attached hydrogen (secondary N) is 1. The molecule has 0 aliphatic rings. The largest absolute Gasteiger partial charge is 0.496 e. The lowest BCUT2D eigenvalue weighted by atomic mass is 10.2. The number of benzene rings is 2. The van der Waals surface area contributed by atoms with E-state index in [9.17, 15) is 19.7 Å². The highest BCUT2D eigenvalue weighted by atomic mass is 35.5. The van der Waals surface area contributed by atoms with E-state index in [0.717, 1.165) is 6.07 Å². The summed E-state index contributed by atoms with van der Waals surface area (Å²) >= 11 is 12.1. The molecule has 0 aliphatic carbocycles. The van der Waals surface area contributed by atoms with Crippen LogP contribution in [-0.2, 0) is 9.53 Å². The standard InChI is InChI=1S/C17H14Cl2N2O6/c1-9-3-5-12(18)16(15(9)19)20-14(22)8-27-17(23)11-7-10(21(24)25)4-6-13(11)26-2/h3-7H,8H2,1-2H3,(H,20,22). The number of esters is 1. The normalized spacial score (nSPS) is 10.2. The molecule has 0 heterocycles. The Labute approximate surface area is 164 Å². The molecular formula is C17H14Cl2N2O6.